The predicted octanol–water partition coefficient (Wildman–Crippen LogP) is 1.39. The summed E-state index contributed by atoms with van der Waals surface area (Å²) in [6, 6.07) is 7.16. The average Bonchev–Trinajstić information content (AvgIpc) is 3.47. The highest BCUT2D eigenvalue weighted by molar-refractivity contribution is 5.88. The van der Waals surface area contributed by atoms with Gasteiger partial charge in [0.25, 0.3) is 0 Å². The van der Waals surface area contributed by atoms with Crippen LogP contribution >= 0.6 is 0 Å². The van der Waals surface area contributed by atoms with Crippen LogP contribution in [0.4, 0.5) is 0 Å². The highest BCUT2D eigenvalue weighted by Gasteiger charge is 2.49. The Balaban J connectivity index is 1.58. The lowest BCUT2D eigenvalue weighted by Gasteiger charge is -2.32. The molecular formula is C25H37N3O9. The second-order valence-electron chi connectivity index (χ2n) is 9.42. The molecule has 1 aliphatic heterocycles. The SMILES string of the molecule is CC(NC(CCc1ccccc1)C(=O)OCCOCCON(O)O)C(=O)N1C(C(=O)O)CC2CCCC21. The second-order valence-corrected chi connectivity index (χ2v) is 9.42. The molecule has 1 heterocycles. The van der Waals surface area contributed by atoms with Gasteiger partial charge in [0.05, 0.1) is 31.3 Å². The lowest BCUT2D eigenvalue weighted by Crippen LogP contribution is -2.55. The van der Waals surface area contributed by atoms with Crippen LogP contribution in [0.2, 0.25) is 0 Å². The molecule has 1 aromatic rings. The largest absolute Gasteiger partial charge is 0.480 e. The number of nitrogens with zero attached hydrogens (tertiary/aromatic N) is 2. The monoisotopic (exact) mass is 523 g/mol. The van der Waals surface area contributed by atoms with E-state index >= 15 is 0 Å². The van der Waals surface area contributed by atoms with E-state index in [4.69, 9.17) is 19.9 Å². The van der Waals surface area contributed by atoms with Crippen molar-refractivity contribution in [2.24, 2.45) is 5.92 Å². The molecule has 12 nitrogen and oxygen atoms in total. The van der Waals surface area contributed by atoms with Crippen LogP contribution < -0.4 is 5.32 Å². The third-order valence-electron chi connectivity index (χ3n) is 6.95. The minimum absolute atomic E-state index is 0.0381. The molecule has 0 radical (unpaired) electrons. The zero-order chi connectivity index (χ0) is 26.8. The van der Waals surface area contributed by atoms with Crippen LogP contribution in [-0.4, -0.2) is 94.3 Å². The van der Waals surface area contributed by atoms with E-state index in [0.29, 0.717) is 19.3 Å². The van der Waals surface area contributed by atoms with Crippen LogP contribution in [0.25, 0.3) is 0 Å². The molecule has 0 bridgehead atoms. The number of amides is 1. The van der Waals surface area contributed by atoms with Gasteiger partial charge in [-0.05, 0) is 50.5 Å². The van der Waals surface area contributed by atoms with Crippen LogP contribution in [0, 0.1) is 5.92 Å². The zero-order valence-electron chi connectivity index (χ0n) is 21.0. The van der Waals surface area contributed by atoms with E-state index in [0.717, 1.165) is 24.8 Å². The Bertz CT molecular complexity index is 885. The number of hydrogen-bond acceptors (Lipinski definition) is 10. The first-order chi connectivity index (χ1) is 17.8. The van der Waals surface area contributed by atoms with E-state index in [-0.39, 0.29) is 44.3 Å². The van der Waals surface area contributed by atoms with Crippen LogP contribution in [0.3, 0.4) is 0 Å². The Morgan fingerprint density at radius 2 is 1.84 bits per heavy atom. The van der Waals surface area contributed by atoms with E-state index in [2.05, 4.69) is 10.2 Å². The molecule has 2 aliphatic rings. The number of rotatable bonds is 15. The molecule has 3 rings (SSSR count). The van der Waals surface area contributed by atoms with Crippen molar-refractivity contribution in [3.63, 3.8) is 0 Å². The average molecular weight is 524 g/mol. The number of benzene rings is 1. The maximum atomic E-state index is 13.4. The molecule has 4 N–H and O–H groups in total. The molecule has 12 heteroatoms. The summed E-state index contributed by atoms with van der Waals surface area (Å²) in [4.78, 5) is 44.1. The molecule has 1 aromatic carbocycles. The summed E-state index contributed by atoms with van der Waals surface area (Å²) in [5.74, 6) is -1.64. The van der Waals surface area contributed by atoms with E-state index < -0.39 is 35.5 Å². The van der Waals surface area contributed by atoms with Gasteiger partial charge >= 0.3 is 11.9 Å². The molecular weight excluding hydrogens is 486 g/mol. The first-order valence-corrected chi connectivity index (χ1v) is 12.7. The number of aryl methyl sites for hydroxylation is 1. The third-order valence-corrected chi connectivity index (χ3v) is 6.95. The number of likely N-dealkylation sites (tertiary alicyclic amines) is 1. The number of carbonyl (C=O) groups is 3. The lowest BCUT2D eigenvalue weighted by atomic mass is 10.0. The smallest absolute Gasteiger partial charge is 0.326 e. The van der Waals surface area contributed by atoms with Gasteiger partial charge in [-0.1, -0.05) is 36.8 Å². The minimum atomic E-state index is -0.994. The first kappa shape index (κ1) is 29.0. The standard InChI is InChI=1S/C25H37N3O9/c1-17(23(29)27-21-9-5-8-19(21)16-22(27)24(30)31)26-20(11-10-18-6-3-2-4-7-18)25(32)36-14-12-35-13-15-37-28(33)34/h2-4,6-7,17,19-22,26,33-34H,5,8-16H2,1H3,(H,30,31). The van der Waals surface area contributed by atoms with Gasteiger partial charge in [-0.2, -0.15) is 0 Å². The van der Waals surface area contributed by atoms with Gasteiger partial charge in [0.1, 0.15) is 18.7 Å². The fourth-order valence-electron chi connectivity index (χ4n) is 5.23. The number of carboxylic acid groups (broad SMARTS) is 1. The summed E-state index contributed by atoms with van der Waals surface area (Å²) in [7, 11) is 0. The summed E-state index contributed by atoms with van der Waals surface area (Å²) in [6.45, 7) is 1.64. The Labute approximate surface area is 215 Å². The third kappa shape index (κ3) is 8.45. The molecule has 0 aromatic heterocycles. The van der Waals surface area contributed by atoms with Crippen molar-refractivity contribution in [1.82, 2.24) is 15.6 Å². The fraction of sp³-hybridized carbons (Fsp3) is 0.640. The maximum absolute atomic E-state index is 13.4. The molecule has 5 unspecified atom stereocenters. The summed E-state index contributed by atoms with van der Waals surface area (Å²) in [5.41, 5.74) is 1.03. The second kappa shape index (κ2) is 14.4. The quantitative estimate of drug-likeness (QED) is 0.150. The number of fused-ring (bicyclic) bond motifs is 1. The Morgan fingerprint density at radius 3 is 2.54 bits per heavy atom. The van der Waals surface area contributed by atoms with Gasteiger partial charge in [0.15, 0.2) is 0 Å². The number of hydrogen-bond donors (Lipinski definition) is 4. The van der Waals surface area contributed by atoms with E-state index in [1.54, 1.807) is 6.92 Å². The van der Waals surface area contributed by atoms with Gasteiger partial charge < -0.3 is 19.5 Å². The molecule has 1 amide bonds. The number of aliphatic carboxylic acids is 1. The van der Waals surface area contributed by atoms with Gasteiger partial charge in [-0.25, -0.2) is 9.63 Å². The van der Waals surface area contributed by atoms with Crippen LogP contribution in [0.15, 0.2) is 30.3 Å². The van der Waals surface area contributed by atoms with E-state index in [1.165, 1.54) is 4.90 Å². The molecule has 1 saturated carbocycles. The number of esters is 1. The number of carbonyl (C=O) groups excluding carboxylic acids is 2. The molecule has 37 heavy (non-hydrogen) atoms. The summed E-state index contributed by atoms with van der Waals surface area (Å²) in [5, 5.41) is 29.3. The summed E-state index contributed by atoms with van der Waals surface area (Å²) < 4.78 is 10.6. The molecule has 0 spiro atoms. The van der Waals surface area contributed by atoms with Gasteiger partial charge in [0, 0.05) is 6.04 Å². The molecule has 1 saturated heterocycles. The number of ether oxygens (including phenoxy) is 2. The number of carboxylic acids is 1. The molecule has 206 valence electrons. The van der Waals surface area contributed by atoms with Crippen molar-refractivity contribution in [1.29, 1.82) is 0 Å². The Hall–Kier alpha value is -2.61. The maximum Gasteiger partial charge on any atom is 0.326 e. The zero-order valence-corrected chi connectivity index (χ0v) is 21.0. The van der Waals surface area contributed by atoms with Crippen molar-refractivity contribution < 1.29 is 44.2 Å². The lowest BCUT2D eigenvalue weighted by molar-refractivity contribution is -0.493. The van der Waals surface area contributed by atoms with Crippen molar-refractivity contribution in [3.8, 4) is 0 Å². The van der Waals surface area contributed by atoms with Gasteiger partial charge in [0.2, 0.25) is 5.91 Å². The van der Waals surface area contributed by atoms with Crippen LogP contribution in [0.1, 0.15) is 44.6 Å². The van der Waals surface area contributed by atoms with Crippen molar-refractivity contribution in [2.75, 3.05) is 26.4 Å². The van der Waals surface area contributed by atoms with E-state index in [9.17, 15) is 19.5 Å². The van der Waals surface area contributed by atoms with Crippen LogP contribution in [0.5, 0.6) is 0 Å². The Kier molecular flexibility index (Phi) is 11.2. The van der Waals surface area contributed by atoms with E-state index in [1.807, 2.05) is 30.3 Å². The molecule has 2 fully saturated rings. The number of nitrogens with one attached hydrogen (secondary N) is 1. The fourth-order valence-corrected chi connectivity index (χ4v) is 5.23. The van der Waals surface area contributed by atoms with Crippen molar-refractivity contribution in [3.05, 3.63) is 35.9 Å². The van der Waals surface area contributed by atoms with Crippen molar-refractivity contribution >= 4 is 17.8 Å². The Morgan fingerprint density at radius 1 is 1.11 bits per heavy atom. The normalized spacial score (nSPS) is 22.6. The molecule has 1 aliphatic carbocycles. The summed E-state index contributed by atoms with van der Waals surface area (Å²) >= 11 is 0. The van der Waals surface area contributed by atoms with Gasteiger partial charge in [-0.15, -0.1) is 0 Å². The highest BCUT2D eigenvalue weighted by atomic mass is 17.1. The van der Waals surface area contributed by atoms with Gasteiger partial charge in [-0.3, -0.25) is 25.3 Å². The first-order valence-electron chi connectivity index (χ1n) is 12.7. The minimum Gasteiger partial charge on any atom is -0.480 e. The summed E-state index contributed by atoms with van der Waals surface area (Å²) in [6.07, 6.45) is 4.13. The van der Waals surface area contributed by atoms with Crippen LogP contribution in [-0.2, 0) is 35.1 Å². The topological polar surface area (TPSA) is 158 Å². The van der Waals surface area contributed by atoms with Crippen molar-refractivity contribution in [2.45, 2.75) is 69.6 Å². The molecule has 5 atom stereocenters. The predicted molar refractivity (Wildman–Crippen MR) is 128 cm³/mol. The highest BCUT2D eigenvalue weighted by Crippen LogP contribution is 2.41.